The van der Waals surface area contributed by atoms with Gasteiger partial charge in [0.05, 0.1) is 65.4 Å². The fourth-order valence-electron chi connectivity index (χ4n) is 3.83. The summed E-state index contributed by atoms with van der Waals surface area (Å²) in [5.41, 5.74) is 7.24. The summed E-state index contributed by atoms with van der Waals surface area (Å²) in [7, 11) is 2.75. The van der Waals surface area contributed by atoms with Crippen molar-refractivity contribution in [1.29, 1.82) is 0 Å². The minimum absolute atomic E-state index is 0.0421. The molecular weight excluding hydrogens is 511 g/mol. The lowest BCUT2D eigenvalue weighted by molar-refractivity contribution is -0.139. The zero-order chi connectivity index (χ0) is 26.6. The number of nitrogens with zero attached hydrogens (tertiary/aromatic N) is 2. The summed E-state index contributed by atoms with van der Waals surface area (Å²) in [4.78, 5) is 42.2. The van der Waals surface area contributed by atoms with Crippen molar-refractivity contribution >= 4 is 41.1 Å². The number of benzene rings is 1. The largest absolute Gasteiger partial charge is 0.466 e. The molecule has 36 heavy (non-hydrogen) atoms. The summed E-state index contributed by atoms with van der Waals surface area (Å²) in [5, 5.41) is 3.51. The van der Waals surface area contributed by atoms with Crippen LogP contribution in [0, 0.1) is 0 Å². The predicted octanol–water partition coefficient (Wildman–Crippen LogP) is 2.84. The summed E-state index contributed by atoms with van der Waals surface area (Å²) in [5.74, 6) is -2.22. The molecule has 0 spiro atoms. The van der Waals surface area contributed by atoms with Crippen molar-refractivity contribution in [2.45, 2.75) is 26.4 Å². The van der Waals surface area contributed by atoms with Crippen molar-refractivity contribution in [2.24, 2.45) is 7.05 Å². The van der Waals surface area contributed by atoms with E-state index in [1.807, 2.05) is 0 Å². The molecule has 2 aromatic rings. The van der Waals surface area contributed by atoms with Crippen molar-refractivity contribution < 1.29 is 23.8 Å². The Morgan fingerprint density at radius 2 is 1.92 bits per heavy atom. The van der Waals surface area contributed by atoms with Crippen LogP contribution in [-0.2, 0) is 37.5 Å². The van der Waals surface area contributed by atoms with Crippen LogP contribution in [0.5, 0.6) is 0 Å². The number of carbonyl (C=O) groups is 2. The number of hydrogen-bond donors (Lipinski definition) is 2. The summed E-state index contributed by atoms with van der Waals surface area (Å²) in [6.07, 6.45) is 0. The molecule has 1 aromatic carbocycles. The standard InChI is InChI=1S/C24H26Cl2N4O6/c1-5-36-23(33)20-16(11-35-10-13-9-17(31)30(3)24(27)29-13)28-12(2)18(22(32)34-4)19(20)14-7-6-8-15(25)21(14)26/h6-9,19,28H,5,10-11H2,1-4H3,(H2,27,29). The molecule has 2 heterocycles. The number of allylic oxidation sites excluding steroid dienone is 1. The maximum absolute atomic E-state index is 13.2. The summed E-state index contributed by atoms with van der Waals surface area (Å²) >= 11 is 12.8. The number of hydrogen-bond acceptors (Lipinski definition) is 9. The van der Waals surface area contributed by atoms with Crippen LogP contribution in [0.4, 0.5) is 5.95 Å². The van der Waals surface area contributed by atoms with Crippen LogP contribution in [0.25, 0.3) is 0 Å². The molecule has 1 aromatic heterocycles. The van der Waals surface area contributed by atoms with Gasteiger partial charge in [-0.2, -0.15) is 0 Å². The van der Waals surface area contributed by atoms with E-state index in [1.165, 1.54) is 24.8 Å². The summed E-state index contributed by atoms with van der Waals surface area (Å²) in [6.45, 7) is 3.27. The SMILES string of the molecule is CCOC(=O)C1=C(COCc2cc(=O)n(C)c(N)n2)NC(C)=C(C(=O)OC)C1c1cccc(Cl)c1Cl. The van der Waals surface area contributed by atoms with Gasteiger partial charge in [-0.1, -0.05) is 35.3 Å². The molecule has 12 heteroatoms. The molecule has 3 N–H and O–H groups in total. The summed E-state index contributed by atoms with van der Waals surface area (Å²) in [6, 6.07) is 6.25. The van der Waals surface area contributed by atoms with Crippen molar-refractivity contribution in [1.82, 2.24) is 14.9 Å². The molecule has 3 rings (SSSR count). The van der Waals surface area contributed by atoms with E-state index >= 15 is 0 Å². The number of nitrogen functional groups attached to an aromatic ring is 1. The molecule has 10 nitrogen and oxygen atoms in total. The first kappa shape index (κ1) is 27.3. The highest BCUT2D eigenvalue weighted by Gasteiger charge is 2.40. The van der Waals surface area contributed by atoms with Gasteiger partial charge < -0.3 is 25.3 Å². The van der Waals surface area contributed by atoms with Crippen LogP contribution in [0.2, 0.25) is 10.0 Å². The van der Waals surface area contributed by atoms with Gasteiger partial charge in [0, 0.05) is 18.8 Å². The van der Waals surface area contributed by atoms with Crippen LogP contribution in [0.1, 0.15) is 31.0 Å². The smallest absolute Gasteiger partial charge is 0.336 e. The highest BCUT2D eigenvalue weighted by atomic mass is 35.5. The first-order chi connectivity index (χ1) is 17.1. The number of anilines is 1. The maximum Gasteiger partial charge on any atom is 0.336 e. The van der Waals surface area contributed by atoms with E-state index in [9.17, 15) is 14.4 Å². The Labute approximate surface area is 217 Å². The van der Waals surface area contributed by atoms with E-state index < -0.39 is 17.9 Å². The van der Waals surface area contributed by atoms with E-state index in [4.69, 9.17) is 43.1 Å². The Morgan fingerprint density at radius 1 is 1.19 bits per heavy atom. The Morgan fingerprint density at radius 3 is 2.56 bits per heavy atom. The molecule has 1 aliphatic heterocycles. The first-order valence-electron chi connectivity index (χ1n) is 10.9. The Hall–Kier alpha value is -3.34. The lowest BCUT2D eigenvalue weighted by Crippen LogP contribution is -2.34. The van der Waals surface area contributed by atoms with Gasteiger partial charge in [0.15, 0.2) is 0 Å². The quantitative estimate of drug-likeness (QED) is 0.488. The van der Waals surface area contributed by atoms with E-state index in [0.29, 0.717) is 22.7 Å². The number of nitrogens with two attached hydrogens (primary N) is 1. The molecule has 192 valence electrons. The average Bonchev–Trinajstić information content (AvgIpc) is 2.83. The second kappa shape index (κ2) is 11.6. The fourth-order valence-corrected chi connectivity index (χ4v) is 4.25. The third-order valence-corrected chi connectivity index (χ3v) is 6.39. The molecule has 0 saturated heterocycles. The van der Waals surface area contributed by atoms with Crippen molar-refractivity contribution in [3.63, 3.8) is 0 Å². The normalized spacial score (nSPS) is 15.6. The third kappa shape index (κ3) is 5.56. The number of methoxy groups -OCH3 is 1. The Bertz CT molecular complexity index is 1320. The molecule has 0 radical (unpaired) electrons. The van der Waals surface area contributed by atoms with Gasteiger partial charge in [-0.05, 0) is 25.5 Å². The average molecular weight is 537 g/mol. The molecule has 1 atom stereocenters. The van der Waals surface area contributed by atoms with Crippen LogP contribution in [0.3, 0.4) is 0 Å². The van der Waals surface area contributed by atoms with Gasteiger partial charge in [-0.3, -0.25) is 9.36 Å². The second-order valence-electron chi connectivity index (χ2n) is 7.84. The molecule has 0 bridgehead atoms. The minimum Gasteiger partial charge on any atom is -0.466 e. The molecule has 0 aliphatic carbocycles. The van der Waals surface area contributed by atoms with Crippen LogP contribution in [-0.4, -0.2) is 41.8 Å². The van der Waals surface area contributed by atoms with Gasteiger partial charge in [0.1, 0.15) is 0 Å². The number of dihydropyridines is 1. The van der Waals surface area contributed by atoms with Gasteiger partial charge in [0.2, 0.25) is 5.95 Å². The molecule has 0 fully saturated rings. The van der Waals surface area contributed by atoms with E-state index in [-0.39, 0.29) is 52.5 Å². The first-order valence-corrected chi connectivity index (χ1v) is 11.7. The molecule has 0 saturated carbocycles. The van der Waals surface area contributed by atoms with Crippen LogP contribution in [0.15, 0.2) is 51.6 Å². The summed E-state index contributed by atoms with van der Waals surface area (Å²) < 4.78 is 17.3. The van der Waals surface area contributed by atoms with Crippen molar-refractivity contribution in [2.75, 3.05) is 26.1 Å². The van der Waals surface area contributed by atoms with Gasteiger partial charge in [-0.25, -0.2) is 14.6 Å². The minimum atomic E-state index is -0.944. The zero-order valence-electron chi connectivity index (χ0n) is 20.2. The molecular formula is C24H26Cl2N4O6. The lowest BCUT2D eigenvalue weighted by Gasteiger charge is -2.31. The second-order valence-corrected chi connectivity index (χ2v) is 8.62. The van der Waals surface area contributed by atoms with E-state index in [0.717, 1.165) is 0 Å². The monoisotopic (exact) mass is 536 g/mol. The maximum atomic E-state index is 13.2. The van der Waals surface area contributed by atoms with Gasteiger partial charge in [-0.15, -0.1) is 0 Å². The highest BCUT2D eigenvalue weighted by molar-refractivity contribution is 6.42. The fraction of sp³-hybridized carbons (Fsp3) is 0.333. The van der Waals surface area contributed by atoms with Crippen LogP contribution >= 0.6 is 23.2 Å². The number of rotatable bonds is 8. The molecule has 0 amide bonds. The van der Waals surface area contributed by atoms with E-state index in [1.54, 1.807) is 32.0 Å². The predicted molar refractivity (Wildman–Crippen MR) is 134 cm³/mol. The van der Waals surface area contributed by atoms with E-state index in [2.05, 4.69) is 10.3 Å². The lowest BCUT2D eigenvalue weighted by atomic mass is 9.80. The van der Waals surface area contributed by atoms with Crippen LogP contribution < -0.4 is 16.6 Å². The van der Waals surface area contributed by atoms with Crippen molar-refractivity contribution in [3.05, 3.63) is 78.5 Å². The molecule has 1 unspecified atom stereocenters. The number of carbonyl (C=O) groups excluding carboxylic acids is 2. The number of ether oxygens (including phenoxy) is 3. The molecule has 1 aliphatic rings. The topological polar surface area (TPSA) is 135 Å². The zero-order valence-corrected chi connectivity index (χ0v) is 21.7. The van der Waals surface area contributed by atoms with Crippen molar-refractivity contribution in [3.8, 4) is 0 Å². The van der Waals surface area contributed by atoms with Gasteiger partial charge >= 0.3 is 11.9 Å². The Balaban J connectivity index is 2.08. The number of esters is 2. The number of halogens is 2. The highest BCUT2D eigenvalue weighted by Crippen LogP contribution is 2.43. The third-order valence-electron chi connectivity index (χ3n) is 5.56. The van der Waals surface area contributed by atoms with Gasteiger partial charge in [0.25, 0.3) is 5.56 Å². The Kier molecular flexibility index (Phi) is 8.78. The number of nitrogens with one attached hydrogen (secondary N) is 1. The number of aromatic nitrogens is 2.